The third kappa shape index (κ3) is 4.61. The number of carbonyl (C=O) groups is 2. The largest absolute Gasteiger partial charge is 0.478 e. The van der Waals surface area contributed by atoms with Crippen LogP contribution in [0.5, 0.6) is 0 Å². The first-order valence-corrected chi connectivity index (χ1v) is 15.5. The molecule has 0 aromatic heterocycles. The number of hydrogen-bond acceptors (Lipinski definition) is 9. The van der Waals surface area contributed by atoms with Crippen LogP contribution in [-0.4, -0.2) is 120 Å². The zero-order valence-corrected chi connectivity index (χ0v) is 23.3. The molecule has 4 heterocycles. The van der Waals surface area contributed by atoms with Crippen molar-refractivity contribution >= 4 is 11.8 Å². The number of halogens is 1. The summed E-state index contributed by atoms with van der Waals surface area (Å²) in [7, 11) is 2.15. The van der Waals surface area contributed by atoms with E-state index in [1.807, 2.05) is 0 Å². The first kappa shape index (κ1) is 27.2. The van der Waals surface area contributed by atoms with E-state index < -0.39 is 36.0 Å². The summed E-state index contributed by atoms with van der Waals surface area (Å²) >= 11 is 0. The van der Waals surface area contributed by atoms with Crippen molar-refractivity contribution in [1.29, 1.82) is 0 Å². The molecule has 222 valence electrons. The Kier molecular flexibility index (Phi) is 7.20. The topological polar surface area (TPSA) is 129 Å². The van der Waals surface area contributed by atoms with Crippen molar-refractivity contribution in [2.45, 2.75) is 131 Å². The summed E-state index contributed by atoms with van der Waals surface area (Å²) in [5.74, 6) is -2.46. The van der Waals surface area contributed by atoms with E-state index in [1.54, 1.807) is 0 Å². The number of nitrogens with zero attached hydrogens (tertiary/aromatic N) is 2. The molecule has 3 aliphatic carbocycles. The molecule has 3 saturated carbocycles. The molecule has 13 unspecified atom stereocenters. The number of carboxylic acids is 1. The molecule has 0 aromatic rings. The molecule has 4 aliphatic heterocycles. The van der Waals surface area contributed by atoms with Gasteiger partial charge in [0.1, 0.15) is 11.7 Å². The lowest BCUT2D eigenvalue weighted by molar-refractivity contribution is -0.222. The van der Waals surface area contributed by atoms with Crippen LogP contribution in [0, 0.1) is 5.92 Å². The van der Waals surface area contributed by atoms with Gasteiger partial charge in [0.2, 0.25) is 0 Å². The normalized spacial score (nSPS) is 48.5. The number of ketones is 1. The highest BCUT2D eigenvalue weighted by molar-refractivity contribution is 6.18. The number of carboxylic acid groups (broad SMARTS) is 1. The summed E-state index contributed by atoms with van der Waals surface area (Å²) in [5.41, 5.74) is 6.00. The van der Waals surface area contributed by atoms with Crippen LogP contribution < -0.4 is 16.4 Å². The summed E-state index contributed by atoms with van der Waals surface area (Å²) in [6, 6.07) is -0.0183. The van der Waals surface area contributed by atoms with Gasteiger partial charge in [0.15, 0.2) is 5.78 Å². The van der Waals surface area contributed by atoms with Gasteiger partial charge in [0.25, 0.3) is 0 Å². The average Bonchev–Trinajstić information content (AvgIpc) is 3.33. The van der Waals surface area contributed by atoms with E-state index in [2.05, 4.69) is 27.5 Å². The Morgan fingerprint density at radius 2 is 1.98 bits per heavy atom. The number of nitrogens with two attached hydrogens (primary N) is 1. The first-order valence-electron chi connectivity index (χ1n) is 15.5. The van der Waals surface area contributed by atoms with E-state index in [4.69, 9.17) is 15.2 Å². The second-order valence-electron chi connectivity index (χ2n) is 13.4. The number of hydrogen-bond donors (Lipinski definition) is 4. The predicted octanol–water partition coefficient (Wildman–Crippen LogP) is 0.544. The van der Waals surface area contributed by atoms with Crippen molar-refractivity contribution in [2.75, 3.05) is 20.1 Å². The Morgan fingerprint density at radius 3 is 2.75 bits per heavy atom. The fourth-order valence-corrected chi connectivity index (χ4v) is 9.06. The molecule has 0 aromatic carbocycles. The molecule has 0 spiro atoms. The first-order chi connectivity index (χ1) is 19.3. The van der Waals surface area contributed by atoms with Crippen LogP contribution in [-0.2, 0) is 19.1 Å². The monoisotopic (exact) mass is 561 g/mol. The van der Waals surface area contributed by atoms with Crippen LogP contribution in [0.25, 0.3) is 0 Å². The van der Waals surface area contributed by atoms with Crippen LogP contribution in [0.2, 0.25) is 0 Å². The maximum Gasteiger partial charge on any atom is 0.340 e. The Balaban J connectivity index is 1.14. The van der Waals surface area contributed by atoms with Gasteiger partial charge < -0.3 is 40.7 Å². The number of carbonyl (C=O) groups excluding carboxylic acids is 1. The lowest BCUT2D eigenvalue weighted by atomic mass is 9.69. The number of aliphatic carboxylic acids is 1. The van der Waals surface area contributed by atoms with Crippen molar-refractivity contribution in [1.82, 2.24) is 20.4 Å². The number of fused-ring (bicyclic) bond motifs is 4. The highest BCUT2D eigenvalue weighted by Crippen LogP contribution is 2.47. The Bertz CT molecular complexity index is 1050. The van der Waals surface area contributed by atoms with Crippen molar-refractivity contribution in [3.05, 3.63) is 11.8 Å². The highest BCUT2D eigenvalue weighted by Gasteiger charge is 2.60. The minimum atomic E-state index is -1.29. The summed E-state index contributed by atoms with van der Waals surface area (Å²) in [4.78, 5) is 29.9. The minimum absolute atomic E-state index is 0.00855. The fraction of sp³-hybridized carbons (Fsp3) is 0.862. The van der Waals surface area contributed by atoms with E-state index in [0.29, 0.717) is 25.4 Å². The molecule has 40 heavy (non-hydrogen) atoms. The van der Waals surface area contributed by atoms with E-state index in [-0.39, 0.29) is 60.5 Å². The zero-order chi connectivity index (χ0) is 27.7. The molecule has 7 aliphatic rings. The van der Waals surface area contributed by atoms with Crippen molar-refractivity contribution < 1.29 is 28.6 Å². The molecule has 11 heteroatoms. The maximum atomic E-state index is 15.9. The second kappa shape index (κ2) is 10.6. The molecule has 7 rings (SSSR count). The predicted molar refractivity (Wildman–Crippen MR) is 144 cm³/mol. The van der Waals surface area contributed by atoms with Gasteiger partial charge in [-0.25, -0.2) is 9.18 Å². The number of alkyl halides is 1. The minimum Gasteiger partial charge on any atom is -0.478 e. The lowest BCUT2D eigenvalue weighted by Crippen LogP contribution is -2.75. The Morgan fingerprint density at radius 1 is 1.15 bits per heavy atom. The van der Waals surface area contributed by atoms with Crippen molar-refractivity contribution in [2.24, 2.45) is 11.7 Å². The number of likely N-dealkylation sites (tertiary alicyclic amines) is 1. The summed E-state index contributed by atoms with van der Waals surface area (Å²) in [6.07, 6.45) is 7.02. The van der Waals surface area contributed by atoms with Gasteiger partial charge in [-0.1, -0.05) is 0 Å². The standard InChI is InChI=1S/C29H44FN5O5/c1-34-8-2-3-15(34)6-7-32-25-18(30)10-16-26-28(25)40-24-11-20-23(39-22-9-14(31)4-5-19(22)33-20)12-21(24)35(26)13-17(27(16)36)29(37)38/h13-16,18-26,28,32-33H,2-12,31H2,1H3,(H,37,38). The van der Waals surface area contributed by atoms with Crippen LogP contribution in [0.15, 0.2) is 11.8 Å². The highest BCUT2D eigenvalue weighted by atomic mass is 19.1. The van der Waals surface area contributed by atoms with Gasteiger partial charge in [-0.05, 0) is 77.9 Å². The average molecular weight is 562 g/mol. The Hall–Kier alpha value is -1.63. The van der Waals surface area contributed by atoms with Crippen LogP contribution in [0.3, 0.4) is 0 Å². The molecular weight excluding hydrogens is 517 g/mol. The van der Waals surface area contributed by atoms with Crippen LogP contribution >= 0.6 is 0 Å². The molecule has 13 atom stereocenters. The quantitative estimate of drug-likeness (QED) is 0.353. The summed E-state index contributed by atoms with van der Waals surface area (Å²) < 4.78 is 29.3. The van der Waals surface area contributed by atoms with Gasteiger partial charge in [0, 0.05) is 36.3 Å². The molecule has 0 radical (unpaired) electrons. The number of ether oxygens (including phenoxy) is 2. The van der Waals surface area contributed by atoms with E-state index in [0.717, 1.165) is 38.6 Å². The molecule has 0 bridgehead atoms. The van der Waals surface area contributed by atoms with Gasteiger partial charge in [0.05, 0.1) is 42.5 Å². The third-order valence-electron chi connectivity index (χ3n) is 11.1. The SMILES string of the molecule is CN1CCCC1CCNC1C(F)CC2C(=O)C(C(=O)O)=CN3C4CC5OC6CC(N)CCC6NC5CC4OC1C23. The van der Waals surface area contributed by atoms with Gasteiger partial charge >= 0.3 is 5.97 Å². The van der Waals surface area contributed by atoms with E-state index in [1.165, 1.54) is 12.6 Å². The maximum absolute atomic E-state index is 15.9. The number of rotatable bonds is 5. The van der Waals surface area contributed by atoms with Crippen LogP contribution in [0.1, 0.15) is 57.8 Å². The molecule has 0 amide bonds. The van der Waals surface area contributed by atoms with Gasteiger partial charge in [-0.3, -0.25) is 4.79 Å². The van der Waals surface area contributed by atoms with Gasteiger partial charge in [-0.2, -0.15) is 0 Å². The molecule has 3 saturated heterocycles. The Labute approximate surface area is 235 Å². The lowest BCUT2D eigenvalue weighted by Gasteiger charge is -2.61. The van der Waals surface area contributed by atoms with E-state index in [9.17, 15) is 14.7 Å². The van der Waals surface area contributed by atoms with Crippen molar-refractivity contribution in [3.8, 4) is 0 Å². The molecular formula is C29H44FN5O5. The molecule has 5 N–H and O–H groups in total. The van der Waals surface area contributed by atoms with Crippen LogP contribution in [0.4, 0.5) is 4.39 Å². The molecule has 6 fully saturated rings. The molecule has 10 nitrogen and oxygen atoms in total. The number of Topliss-reactive ketones (excluding diaryl/α,β-unsaturated/α-hetero) is 1. The number of nitrogens with one attached hydrogen (secondary N) is 2. The second-order valence-corrected chi connectivity index (χ2v) is 13.4. The number of morpholine rings is 2. The third-order valence-corrected chi connectivity index (χ3v) is 11.1. The fourth-order valence-electron chi connectivity index (χ4n) is 9.06. The zero-order valence-electron chi connectivity index (χ0n) is 23.3. The van der Waals surface area contributed by atoms with E-state index >= 15 is 4.39 Å². The summed E-state index contributed by atoms with van der Waals surface area (Å²) in [5, 5.41) is 17.2. The van der Waals surface area contributed by atoms with Gasteiger partial charge in [-0.15, -0.1) is 0 Å². The summed E-state index contributed by atoms with van der Waals surface area (Å²) in [6.45, 7) is 1.78. The smallest absolute Gasteiger partial charge is 0.340 e. The van der Waals surface area contributed by atoms with Crippen molar-refractivity contribution in [3.63, 3.8) is 0 Å².